The lowest BCUT2D eigenvalue weighted by molar-refractivity contribution is -0.136. The highest BCUT2D eigenvalue weighted by molar-refractivity contribution is 5.68. The number of nitrogens with one attached hydrogen (secondary N) is 1. The Kier molecular flexibility index (Phi) is 4.03. The van der Waals surface area contributed by atoms with E-state index in [1.54, 1.807) is 0 Å². The van der Waals surface area contributed by atoms with Gasteiger partial charge in [0.2, 0.25) is 17.7 Å². The van der Waals surface area contributed by atoms with Crippen LogP contribution in [-0.2, 0) is 36.9 Å². The molecule has 2 aliphatic rings. The number of benzene rings is 1. The Bertz CT molecular complexity index is 1020. The van der Waals surface area contributed by atoms with Crippen LogP contribution < -0.4 is 5.32 Å². The maximum atomic E-state index is 10.8. The Hall–Kier alpha value is -3.29. The average molecular weight is 377 g/mol. The van der Waals surface area contributed by atoms with E-state index in [-0.39, 0.29) is 18.2 Å². The van der Waals surface area contributed by atoms with Crippen LogP contribution in [0.2, 0.25) is 0 Å². The second kappa shape index (κ2) is 6.70. The number of carbonyl (C=O) groups is 1. The Morgan fingerprint density at radius 1 is 1.11 bits per heavy atom. The molecule has 0 saturated carbocycles. The van der Waals surface area contributed by atoms with Crippen molar-refractivity contribution in [2.45, 2.75) is 44.1 Å². The van der Waals surface area contributed by atoms with Crippen LogP contribution in [0.3, 0.4) is 0 Å². The average Bonchev–Trinajstić information content (AvgIpc) is 3.37. The van der Waals surface area contributed by atoms with Crippen molar-refractivity contribution < 1.29 is 14.3 Å². The van der Waals surface area contributed by atoms with Gasteiger partial charge in [0.15, 0.2) is 0 Å². The third kappa shape index (κ3) is 3.21. The Labute approximate surface area is 161 Å². The Balaban J connectivity index is 1.26. The minimum absolute atomic E-state index is 0.0188. The van der Waals surface area contributed by atoms with Gasteiger partial charge in [-0.3, -0.25) is 4.79 Å². The molecular formula is C20H19N5O3. The van der Waals surface area contributed by atoms with Gasteiger partial charge in [0.25, 0.3) is 0 Å². The Morgan fingerprint density at radius 2 is 1.89 bits per heavy atom. The molecule has 1 atom stereocenters. The molecule has 8 nitrogen and oxygen atoms in total. The van der Waals surface area contributed by atoms with Crippen LogP contribution in [0.4, 0.5) is 5.95 Å². The highest BCUT2D eigenvalue weighted by atomic mass is 16.4. The van der Waals surface area contributed by atoms with Gasteiger partial charge in [0.1, 0.15) is 6.42 Å². The number of carboxylic acid groups (broad SMARTS) is 1. The minimum atomic E-state index is -0.986. The molecule has 1 unspecified atom stereocenters. The van der Waals surface area contributed by atoms with Crippen LogP contribution in [0.1, 0.15) is 40.1 Å². The van der Waals surface area contributed by atoms with Crippen LogP contribution in [0.25, 0.3) is 0 Å². The molecule has 0 bridgehead atoms. The molecule has 0 saturated heterocycles. The second-order valence-corrected chi connectivity index (χ2v) is 7.39. The first-order valence-corrected chi connectivity index (χ1v) is 9.36. The summed E-state index contributed by atoms with van der Waals surface area (Å²) in [7, 11) is 0. The van der Waals surface area contributed by atoms with Gasteiger partial charge in [0.05, 0.1) is 0 Å². The zero-order valence-corrected chi connectivity index (χ0v) is 15.1. The standard InChI is InChI=1S/C20H19N5O3/c26-18(27)9-17-24-25-19(28-17)13-5-14-10-21-20(23-16(14)8-13)22-15-6-11-3-1-2-4-12(11)7-15/h1-4,10,13,15H,5-9H2,(H,26,27)(H,21,22,23). The van der Waals surface area contributed by atoms with Gasteiger partial charge in [0, 0.05) is 30.3 Å². The van der Waals surface area contributed by atoms with Gasteiger partial charge in [-0.05, 0) is 36.0 Å². The van der Waals surface area contributed by atoms with Crippen LogP contribution >= 0.6 is 0 Å². The molecule has 0 aliphatic heterocycles. The lowest BCUT2D eigenvalue weighted by atomic mass is 10.1. The van der Waals surface area contributed by atoms with E-state index in [2.05, 4.69) is 44.8 Å². The van der Waals surface area contributed by atoms with Crippen molar-refractivity contribution in [2.24, 2.45) is 0 Å². The maximum Gasteiger partial charge on any atom is 0.312 e. The van der Waals surface area contributed by atoms with Crippen molar-refractivity contribution in [3.05, 3.63) is 64.6 Å². The first-order chi connectivity index (χ1) is 13.6. The van der Waals surface area contributed by atoms with Gasteiger partial charge < -0.3 is 14.8 Å². The van der Waals surface area contributed by atoms with E-state index >= 15 is 0 Å². The molecule has 2 N–H and O–H groups in total. The zero-order valence-electron chi connectivity index (χ0n) is 15.1. The fraction of sp³-hybridized carbons (Fsp3) is 0.350. The molecule has 2 aliphatic carbocycles. The van der Waals surface area contributed by atoms with Gasteiger partial charge in [-0.1, -0.05) is 24.3 Å². The van der Waals surface area contributed by atoms with E-state index in [0.29, 0.717) is 24.3 Å². The number of fused-ring (bicyclic) bond motifs is 2. The highest BCUT2D eigenvalue weighted by Gasteiger charge is 2.30. The van der Waals surface area contributed by atoms with Gasteiger partial charge >= 0.3 is 5.97 Å². The van der Waals surface area contributed by atoms with Crippen molar-refractivity contribution >= 4 is 11.9 Å². The molecule has 3 aromatic rings. The predicted molar refractivity (Wildman–Crippen MR) is 99.1 cm³/mol. The molecule has 142 valence electrons. The summed E-state index contributed by atoms with van der Waals surface area (Å²) in [5.41, 5.74) is 4.82. The summed E-state index contributed by atoms with van der Waals surface area (Å²) in [5.74, 6) is 0.280. The summed E-state index contributed by atoms with van der Waals surface area (Å²) in [6.45, 7) is 0. The molecule has 0 spiro atoms. The smallest absolute Gasteiger partial charge is 0.312 e. The van der Waals surface area contributed by atoms with E-state index in [1.165, 1.54) is 11.1 Å². The van der Waals surface area contributed by atoms with E-state index in [0.717, 1.165) is 30.5 Å². The van der Waals surface area contributed by atoms with Crippen molar-refractivity contribution in [3.63, 3.8) is 0 Å². The lowest BCUT2D eigenvalue weighted by Gasteiger charge is -2.12. The van der Waals surface area contributed by atoms with E-state index in [1.807, 2.05) is 6.20 Å². The van der Waals surface area contributed by atoms with E-state index in [4.69, 9.17) is 14.5 Å². The normalized spacial score (nSPS) is 18.1. The van der Waals surface area contributed by atoms with Crippen LogP contribution in [-0.4, -0.2) is 37.3 Å². The fourth-order valence-corrected chi connectivity index (χ4v) is 4.08. The summed E-state index contributed by atoms with van der Waals surface area (Å²) in [6, 6.07) is 8.81. The molecule has 28 heavy (non-hydrogen) atoms. The highest BCUT2D eigenvalue weighted by Crippen LogP contribution is 2.33. The summed E-state index contributed by atoms with van der Waals surface area (Å²) in [6.07, 6.45) is 4.97. The molecule has 1 aromatic carbocycles. The number of aromatic nitrogens is 4. The third-order valence-electron chi connectivity index (χ3n) is 5.38. The summed E-state index contributed by atoms with van der Waals surface area (Å²) < 4.78 is 5.52. The molecule has 5 rings (SSSR count). The number of anilines is 1. The largest absolute Gasteiger partial charge is 0.481 e. The molecule has 0 fully saturated rings. The maximum absolute atomic E-state index is 10.8. The Morgan fingerprint density at radius 3 is 2.64 bits per heavy atom. The van der Waals surface area contributed by atoms with Crippen molar-refractivity contribution in [2.75, 3.05) is 5.32 Å². The van der Waals surface area contributed by atoms with Gasteiger partial charge in [-0.15, -0.1) is 10.2 Å². The molecule has 2 aromatic heterocycles. The second-order valence-electron chi connectivity index (χ2n) is 7.39. The van der Waals surface area contributed by atoms with Crippen LogP contribution in [0, 0.1) is 0 Å². The lowest BCUT2D eigenvalue weighted by Crippen LogP contribution is -2.21. The first kappa shape index (κ1) is 16.9. The quantitative estimate of drug-likeness (QED) is 0.693. The first-order valence-electron chi connectivity index (χ1n) is 9.36. The summed E-state index contributed by atoms with van der Waals surface area (Å²) in [5, 5.41) is 20.1. The predicted octanol–water partition coefficient (Wildman–Crippen LogP) is 1.95. The van der Waals surface area contributed by atoms with E-state index < -0.39 is 5.97 Å². The SMILES string of the molecule is O=C(O)Cc1nnc(C2Cc3cnc(NC4Cc5ccccc5C4)nc3C2)o1. The fourth-order valence-electron chi connectivity index (χ4n) is 4.08. The van der Waals surface area contributed by atoms with E-state index in [9.17, 15) is 4.79 Å². The molecular weight excluding hydrogens is 358 g/mol. The molecule has 0 radical (unpaired) electrons. The summed E-state index contributed by atoms with van der Waals surface area (Å²) in [4.78, 5) is 20.0. The number of hydrogen-bond donors (Lipinski definition) is 2. The third-order valence-corrected chi connectivity index (χ3v) is 5.38. The van der Waals surface area contributed by atoms with Crippen molar-refractivity contribution in [1.29, 1.82) is 0 Å². The number of carboxylic acids is 1. The van der Waals surface area contributed by atoms with Crippen LogP contribution in [0.15, 0.2) is 34.9 Å². The number of aliphatic carboxylic acids is 1. The molecule has 2 heterocycles. The van der Waals surface area contributed by atoms with Crippen LogP contribution in [0.5, 0.6) is 0 Å². The number of hydrogen-bond acceptors (Lipinski definition) is 7. The molecule has 0 amide bonds. The van der Waals surface area contributed by atoms with Gasteiger partial charge in [-0.25, -0.2) is 9.97 Å². The topological polar surface area (TPSA) is 114 Å². The molecule has 8 heteroatoms. The van der Waals surface area contributed by atoms with Crippen molar-refractivity contribution in [3.8, 4) is 0 Å². The minimum Gasteiger partial charge on any atom is -0.481 e. The van der Waals surface area contributed by atoms with Gasteiger partial charge in [-0.2, -0.15) is 0 Å². The van der Waals surface area contributed by atoms with Crippen molar-refractivity contribution in [1.82, 2.24) is 20.2 Å². The number of rotatable bonds is 5. The zero-order chi connectivity index (χ0) is 19.1. The monoisotopic (exact) mass is 377 g/mol. The number of nitrogens with zero attached hydrogens (tertiary/aromatic N) is 4. The summed E-state index contributed by atoms with van der Waals surface area (Å²) >= 11 is 0.